The van der Waals surface area contributed by atoms with Crippen molar-refractivity contribution in [2.45, 2.75) is 43.2 Å². The molecule has 1 aliphatic heterocycles. The average molecular weight is 650 g/mol. The molecule has 0 spiro atoms. The number of hydrogen-bond donors (Lipinski definition) is 2. The number of anilines is 1. The van der Waals surface area contributed by atoms with Gasteiger partial charge in [-0.1, -0.05) is 47.5 Å². The van der Waals surface area contributed by atoms with Crippen LogP contribution in [-0.4, -0.2) is 47.1 Å². The van der Waals surface area contributed by atoms with E-state index in [1.165, 1.54) is 4.31 Å². The number of nitrogens with zero attached hydrogens (tertiary/aromatic N) is 2. The summed E-state index contributed by atoms with van der Waals surface area (Å²) in [5.74, 6) is 0.513. The molecule has 228 valence electrons. The minimum absolute atomic E-state index is 0.0246. The summed E-state index contributed by atoms with van der Waals surface area (Å²) in [5.41, 5.74) is 6.11. The van der Waals surface area contributed by atoms with Crippen LogP contribution in [0.25, 0.3) is 10.9 Å². The van der Waals surface area contributed by atoms with Crippen molar-refractivity contribution in [1.29, 1.82) is 0 Å². The predicted molar refractivity (Wildman–Crippen MR) is 171 cm³/mol. The molecule has 1 aromatic heterocycles. The van der Waals surface area contributed by atoms with Crippen molar-refractivity contribution in [2.24, 2.45) is 5.73 Å². The number of nitrogens with one attached hydrogen (secondary N) is 1. The first-order valence-electron chi connectivity index (χ1n) is 14.2. The first-order chi connectivity index (χ1) is 20.7. The number of rotatable bonds is 11. The van der Waals surface area contributed by atoms with Gasteiger partial charge in [-0.05, 0) is 91.4 Å². The quantitative estimate of drug-likeness (QED) is 0.0962. The highest BCUT2D eigenvalue weighted by atomic mass is 35.5. The van der Waals surface area contributed by atoms with Crippen LogP contribution in [0.5, 0.6) is 5.75 Å². The average Bonchev–Trinajstić information content (AvgIpc) is 2.98. The van der Waals surface area contributed by atoms with Gasteiger partial charge in [0.15, 0.2) is 0 Å². The Kier molecular flexibility index (Phi) is 10.6. The van der Waals surface area contributed by atoms with Gasteiger partial charge in [0.05, 0.1) is 6.61 Å². The maximum atomic E-state index is 12.9. The zero-order valence-corrected chi connectivity index (χ0v) is 25.7. The number of fused-ring (bicyclic) bond motifs is 1. The standard InChI is InChI=1S/C32H33Cl2F3N4OS/c33-24-7-3-21(4-8-24)30(22-5-9-25(34)10-6-22)23-19-27-28(40-26-12-16-41(17-13-26)43-32(35,36)37)11-15-39-31(27)29(20-23)42-18-2-1-14-38/h3-11,15,19-20,26,30H,1-2,12-14,16-18,38H2,(H,39,40). The molecule has 11 heteroatoms. The molecule has 1 saturated heterocycles. The van der Waals surface area contributed by atoms with Gasteiger partial charge in [0, 0.05) is 64.3 Å². The molecule has 2 heterocycles. The number of unbranched alkanes of at least 4 members (excludes halogenated alkanes) is 1. The number of piperidine rings is 1. The minimum atomic E-state index is -4.27. The molecule has 0 amide bonds. The lowest BCUT2D eigenvalue weighted by molar-refractivity contribution is -0.0366. The van der Waals surface area contributed by atoms with E-state index in [-0.39, 0.29) is 23.9 Å². The minimum Gasteiger partial charge on any atom is -0.491 e. The van der Waals surface area contributed by atoms with Crippen LogP contribution in [0.3, 0.4) is 0 Å². The van der Waals surface area contributed by atoms with Crippen molar-refractivity contribution >= 4 is 51.7 Å². The van der Waals surface area contributed by atoms with E-state index in [1.54, 1.807) is 6.20 Å². The zero-order valence-electron chi connectivity index (χ0n) is 23.4. The van der Waals surface area contributed by atoms with Crippen LogP contribution in [0.1, 0.15) is 48.3 Å². The highest BCUT2D eigenvalue weighted by molar-refractivity contribution is 7.97. The number of pyridine rings is 1. The van der Waals surface area contributed by atoms with E-state index in [4.69, 9.17) is 38.7 Å². The van der Waals surface area contributed by atoms with Crippen LogP contribution in [0.2, 0.25) is 10.0 Å². The summed E-state index contributed by atoms with van der Waals surface area (Å²) in [6.07, 6.45) is 4.58. The molecular weight excluding hydrogens is 616 g/mol. The number of hydrogen-bond acceptors (Lipinski definition) is 6. The van der Waals surface area contributed by atoms with Gasteiger partial charge < -0.3 is 15.8 Å². The molecule has 43 heavy (non-hydrogen) atoms. The van der Waals surface area contributed by atoms with Gasteiger partial charge in [-0.15, -0.1) is 0 Å². The Morgan fingerprint density at radius 2 is 1.56 bits per heavy atom. The molecule has 3 aromatic carbocycles. The van der Waals surface area contributed by atoms with Crippen molar-refractivity contribution in [2.75, 3.05) is 31.6 Å². The SMILES string of the molecule is NCCCCOc1cc(C(c2ccc(Cl)cc2)c2ccc(Cl)cc2)cc2c(NC3CCN(SC(F)(F)F)CC3)ccnc12. The smallest absolute Gasteiger partial charge is 0.456 e. The Balaban J connectivity index is 1.54. The van der Waals surface area contributed by atoms with Crippen LogP contribution in [0.4, 0.5) is 18.9 Å². The molecule has 1 aliphatic rings. The van der Waals surface area contributed by atoms with Crippen molar-refractivity contribution < 1.29 is 17.9 Å². The molecule has 5 nitrogen and oxygen atoms in total. The molecule has 3 N–H and O–H groups in total. The second-order valence-corrected chi connectivity index (χ2v) is 12.6. The maximum Gasteiger partial charge on any atom is 0.456 e. The number of benzene rings is 3. The lowest BCUT2D eigenvalue weighted by Crippen LogP contribution is -2.37. The number of halogens is 5. The monoisotopic (exact) mass is 648 g/mol. The molecule has 0 atom stereocenters. The van der Waals surface area contributed by atoms with E-state index in [0.29, 0.717) is 54.9 Å². The number of alkyl halides is 3. The molecular formula is C32H33Cl2F3N4OS. The molecule has 0 unspecified atom stereocenters. The van der Waals surface area contributed by atoms with Gasteiger partial charge in [0.2, 0.25) is 0 Å². The number of aromatic nitrogens is 1. The van der Waals surface area contributed by atoms with Crippen LogP contribution < -0.4 is 15.8 Å². The highest BCUT2D eigenvalue weighted by Crippen LogP contribution is 2.40. The van der Waals surface area contributed by atoms with E-state index in [1.807, 2.05) is 60.7 Å². The number of ether oxygens (including phenoxy) is 1. The second kappa shape index (κ2) is 14.4. The fourth-order valence-electron chi connectivity index (χ4n) is 5.42. The normalized spacial score (nSPS) is 14.9. The van der Waals surface area contributed by atoms with E-state index < -0.39 is 5.51 Å². The maximum absolute atomic E-state index is 12.9. The van der Waals surface area contributed by atoms with Crippen LogP contribution >= 0.6 is 35.1 Å². The van der Waals surface area contributed by atoms with E-state index in [0.717, 1.165) is 46.1 Å². The summed E-state index contributed by atoms with van der Waals surface area (Å²) in [6.45, 7) is 1.78. The zero-order chi connectivity index (χ0) is 30.4. The fraction of sp³-hybridized carbons (Fsp3) is 0.344. The second-order valence-electron chi connectivity index (χ2n) is 10.5. The summed E-state index contributed by atoms with van der Waals surface area (Å²) in [7, 11) is 0. The topological polar surface area (TPSA) is 63.4 Å². The van der Waals surface area contributed by atoms with Crippen LogP contribution in [0, 0.1) is 0 Å². The summed E-state index contributed by atoms with van der Waals surface area (Å²) < 4.78 is 46.4. The third-order valence-corrected chi connectivity index (χ3v) is 8.81. The highest BCUT2D eigenvalue weighted by Gasteiger charge is 2.34. The van der Waals surface area contributed by atoms with Gasteiger partial charge in [-0.2, -0.15) is 13.2 Å². The lowest BCUT2D eigenvalue weighted by Gasteiger charge is -2.32. The van der Waals surface area contributed by atoms with Crippen molar-refractivity contribution in [1.82, 2.24) is 9.29 Å². The lowest BCUT2D eigenvalue weighted by atomic mass is 9.84. The van der Waals surface area contributed by atoms with Crippen LogP contribution in [0.15, 0.2) is 72.9 Å². The van der Waals surface area contributed by atoms with Crippen molar-refractivity contribution in [3.8, 4) is 5.75 Å². The largest absolute Gasteiger partial charge is 0.491 e. The summed E-state index contributed by atoms with van der Waals surface area (Å²) in [5, 5.41) is 5.79. The van der Waals surface area contributed by atoms with Gasteiger partial charge >= 0.3 is 5.51 Å². The molecule has 0 saturated carbocycles. The molecule has 0 aliphatic carbocycles. The molecule has 0 bridgehead atoms. The van der Waals surface area contributed by atoms with E-state index in [9.17, 15) is 13.2 Å². The van der Waals surface area contributed by atoms with Crippen molar-refractivity contribution in [3.05, 3.63) is 99.7 Å². The van der Waals surface area contributed by atoms with Crippen molar-refractivity contribution in [3.63, 3.8) is 0 Å². The molecule has 5 rings (SSSR count). The molecule has 1 fully saturated rings. The summed E-state index contributed by atoms with van der Waals surface area (Å²) >= 11 is 12.5. The first kappa shape index (κ1) is 31.7. The Morgan fingerprint density at radius 1 is 0.930 bits per heavy atom. The Hall–Kier alpha value is -2.69. The van der Waals surface area contributed by atoms with E-state index in [2.05, 4.69) is 11.4 Å². The summed E-state index contributed by atoms with van der Waals surface area (Å²) in [6, 6.07) is 21.7. The molecule has 0 radical (unpaired) electrons. The number of nitrogens with two attached hydrogens (primary N) is 1. The summed E-state index contributed by atoms with van der Waals surface area (Å²) in [4.78, 5) is 4.69. The van der Waals surface area contributed by atoms with Gasteiger partial charge in [0.1, 0.15) is 11.3 Å². The first-order valence-corrected chi connectivity index (χ1v) is 15.8. The van der Waals surface area contributed by atoms with E-state index >= 15 is 0 Å². The third kappa shape index (κ3) is 8.48. The van der Waals surface area contributed by atoms with Gasteiger partial charge in [0.25, 0.3) is 0 Å². The van der Waals surface area contributed by atoms with Gasteiger partial charge in [-0.25, -0.2) is 4.31 Å². The third-order valence-electron chi connectivity index (χ3n) is 7.47. The Bertz CT molecular complexity index is 1450. The Morgan fingerprint density at radius 3 is 2.14 bits per heavy atom. The predicted octanol–water partition coefficient (Wildman–Crippen LogP) is 8.88. The van der Waals surface area contributed by atoms with Crippen LogP contribution in [-0.2, 0) is 0 Å². The van der Waals surface area contributed by atoms with Gasteiger partial charge in [-0.3, -0.25) is 4.98 Å². The fourth-order valence-corrected chi connectivity index (χ4v) is 6.36. The Labute approximate surface area is 264 Å². The molecule has 4 aromatic rings.